The van der Waals surface area contributed by atoms with Crippen LogP contribution in [-0.2, 0) is 11.8 Å². The fraction of sp³-hybridized carbons (Fsp3) is 0.227. The molecule has 29 heavy (non-hydrogen) atoms. The van der Waals surface area contributed by atoms with Gasteiger partial charge in [-0.15, -0.1) is 0 Å². The van der Waals surface area contributed by atoms with Crippen LogP contribution in [-0.4, -0.2) is 43.5 Å². The first-order valence-corrected chi connectivity index (χ1v) is 9.55. The minimum absolute atomic E-state index is 0.0294. The van der Waals surface area contributed by atoms with Gasteiger partial charge in [0.05, 0.1) is 28.7 Å². The van der Waals surface area contributed by atoms with Gasteiger partial charge in [0.2, 0.25) is 5.91 Å². The van der Waals surface area contributed by atoms with Gasteiger partial charge in [-0.2, -0.15) is 5.10 Å². The Morgan fingerprint density at radius 3 is 2.79 bits per heavy atom. The van der Waals surface area contributed by atoms with Crippen LogP contribution < -0.4 is 5.56 Å². The summed E-state index contributed by atoms with van der Waals surface area (Å²) in [5.41, 5.74) is 5.13. The zero-order valence-electron chi connectivity index (χ0n) is 16.3. The van der Waals surface area contributed by atoms with Gasteiger partial charge in [-0.3, -0.25) is 24.1 Å². The second-order valence-electron chi connectivity index (χ2n) is 7.60. The molecule has 0 saturated carbocycles. The summed E-state index contributed by atoms with van der Waals surface area (Å²) in [7, 11) is 1.78. The van der Waals surface area contributed by atoms with Crippen LogP contribution in [0.1, 0.15) is 11.6 Å². The molecule has 1 fully saturated rings. The van der Waals surface area contributed by atoms with E-state index in [1.165, 1.54) is 6.08 Å². The molecule has 1 amide bonds. The van der Waals surface area contributed by atoms with Gasteiger partial charge in [0, 0.05) is 25.5 Å². The van der Waals surface area contributed by atoms with E-state index in [2.05, 4.69) is 35.8 Å². The summed E-state index contributed by atoms with van der Waals surface area (Å²) in [5, 5.41) is 8.94. The molecular weight excluding hydrogens is 366 g/mol. The van der Waals surface area contributed by atoms with Gasteiger partial charge < -0.3 is 4.90 Å². The van der Waals surface area contributed by atoms with E-state index in [0.29, 0.717) is 18.5 Å². The van der Waals surface area contributed by atoms with Crippen LogP contribution in [0.4, 0.5) is 0 Å². The number of carbonyl (C=O) groups is 1. The van der Waals surface area contributed by atoms with E-state index in [4.69, 9.17) is 0 Å². The Morgan fingerprint density at radius 2 is 2.03 bits per heavy atom. The highest BCUT2D eigenvalue weighted by Crippen LogP contribution is 2.34. The van der Waals surface area contributed by atoms with Crippen molar-refractivity contribution in [2.75, 3.05) is 13.1 Å². The van der Waals surface area contributed by atoms with Crippen LogP contribution in [0.25, 0.3) is 32.9 Å². The van der Waals surface area contributed by atoms with Crippen molar-refractivity contribution in [3.05, 3.63) is 65.1 Å². The Bertz CT molecular complexity index is 1350. The third-order valence-electron chi connectivity index (χ3n) is 5.91. The zero-order valence-corrected chi connectivity index (χ0v) is 16.3. The van der Waals surface area contributed by atoms with Crippen LogP contribution in [0.15, 0.2) is 54.0 Å². The van der Waals surface area contributed by atoms with Crippen molar-refractivity contribution in [2.45, 2.75) is 13.0 Å². The predicted molar refractivity (Wildman–Crippen MR) is 113 cm³/mol. The number of carbonyl (C=O) groups excluding carboxylic acids is 1. The van der Waals surface area contributed by atoms with Gasteiger partial charge >= 0.3 is 0 Å². The standard InChI is InChI=1S/C22H21N5O2/c1-4-20(28)26-11-15(12-26)27-19-9-14(6-7-16(19)22(29)25(27)3)21-13(2)5-8-18-17(21)10-23-24-18/h4-10,15H,1,11-12H2,2-3H3,(H,23,24). The highest BCUT2D eigenvalue weighted by molar-refractivity contribution is 5.98. The Hall–Kier alpha value is -3.61. The second kappa shape index (κ2) is 6.20. The van der Waals surface area contributed by atoms with Crippen LogP contribution in [0, 0.1) is 6.92 Å². The molecule has 1 saturated heterocycles. The lowest BCUT2D eigenvalue weighted by atomic mass is 9.96. The summed E-state index contributed by atoms with van der Waals surface area (Å²) < 4.78 is 3.67. The number of hydrogen-bond acceptors (Lipinski definition) is 3. The van der Waals surface area contributed by atoms with Gasteiger partial charge in [-0.25, -0.2) is 0 Å². The predicted octanol–water partition coefficient (Wildman–Crippen LogP) is 2.76. The quantitative estimate of drug-likeness (QED) is 0.549. The van der Waals surface area contributed by atoms with Gasteiger partial charge in [0.1, 0.15) is 0 Å². The normalized spacial score (nSPS) is 14.5. The SMILES string of the molecule is C=CC(=O)N1CC(n2c3cc(-c4c(C)ccc5[nH]ncc45)ccc3c(=O)n2C)C1. The van der Waals surface area contributed by atoms with Gasteiger partial charge in [-0.05, 0) is 47.9 Å². The number of benzene rings is 2. The maximum absolute atomic E-state index is 12.8. The molecule has 0 unspecified atom stereocenters. The van der Waals surface area contributed by atoms with Crippen molar-refractivity contribution in [1.82, 2.24) is 24.5 Å². The molecule has 1 aliphatic rings. The number of hydrogen-bond donors (Lipinski definition) is 1. The molecule has 1 N–H and O–H groups in total. The van der Waals surface area contributed by atoms with E-state index < -0.39 is 0 Å². The van der Waals surface area contributed by atoms with Crippen LogP contribution in [0.2, 0.25) is 0 Å². The molecule has 2 aromatic carbocycles. The minimum atomic E-state index is -0.0781. The molecule has 1 aliphatic heterocycles. The number of aryl methyl sites for hydroxylation is 1. The van der Waals surface area contributed by atoms with Gasteiger partial charge in [0.15, 0.2) is 0 Å². The molecule has 0 aliphatic carbocycles. The first-order chi connectivity index (χ1) is 14.0. The minimum Gasteiger partial charge on any atom is -0.335 e. The number of nitrogens with zero attached hydrogens (tertiary/aromatic N) is 4. The zero-order chi connectivity index (χ0) is 20.3. The molecular formula is C22H21N5O2. The first-order valence-electron chi connectivity index (χ1n) is 9.55. The van der Waals surface area contributed by atoms with Crippen molar-refractivity contribution in [3.8, 4) is 11.1 Å². The van der Waals surface area contributed by atoms with Gasteiger partial charge in [0.25, 0.3) is 5.56 Å². The molecule has 0 atom stereocenters. The highest BCUT2D eigenvalue weighted by Gasteiger charge is 2.33. The number of aromatic nitrogens is 4. The average molecular weight is 387 g/mol. The molecule has 0 radical (unpaired) electrons. The molecule has 146 valence electrons. The van der Waals surface area contributed by atoms with Gasteiger partial charge in [-0.1, -0.05) is 18.7 Å². The first kappa shape index (κ1) is 17.5. The van der Waals surface area contributed by atoms with E-state index in [-0.39, 0.29) is 17.5 Å². The third kappa shape index (κ3) is 2.47. The fourth-order valence-corrected chi connectivity index (χ4v) is 4.36. The van der Waals surface area contributed by atoms with Crippen molar-refractivity contribution in [3.63, 3.8) is 0 Å². The van der Waals surface area contributed by atoms with Crippen LogP contribution in [0.3, 0.4) is 0 Å². The summed E-state index contributed by atoms with van der Waals surface area (Å²) in [5.74, 6) is -0.0781. The van der Waals surface area contributed by atoms with Crippen LogP contribution >= 0.6 is 0 Å². The van der Waals surface area contributed by atoms with Crippen molar-refractivity contribution in [2.24, 2.45) is 7.05 Å². The highest BCUT2D eigenvalue weighted by atomic mass is 16.2. The number of amides is 1. The topological polar surface area (TPSA) is 75.9 Å². The number of aromatic amines is 1. The van der Waals surface area contributed by atoms with E-state index in [9.17, 15) is 9.59 Å². The molecule has 0 spiro atoms. The lowest BCUT2D eigenvalue weighted by Gasteiger charge is -2.40. The Balaban J connectivity index is 1.67. The summed E-state index contributed by atoms with van der Waals surface area (Å²) in [6.07, 6.45) is 3.17. The monoisotopic (exact) mass is 387 g/mol. The summed E-state index contributed by atoms with van der Waals surface area (Å²) in [6, 6.07) is 10.1. The smallest absolute Gasteiger partial charge is 0.274 e. The van der Waals surface area contributed by atoms with E-state index in [0.717, 1.165) is 33.1 Å². The number of rotatable bonds is 3. The van der Waals surface area contributed by atoms with Crippen molar-refractivity contribution >= 4 is 27.7 Å². The lowest BCUT2D eigenvalue weighted by molar-refractivity contribution is -0.131. The molecule has 5 rings (SSSR count). The fourth-order valence-electron chi connectivity index (χ4n) is 4.36. The van der Waals surface area contributed by atoms with Crippen LogP contribution in [0.5, 0.6) is 0 Å². The molecule has 3 heterocycles. The maximum atomic E-state index is 12.8. The Kier molecular flexibility index (Phi) is 3.74. The van der Waals surface area contributed by atoms with Crippen molar-refractivity contribution in [1.29, 1.82) is 0 Å². The molecule has 7 nitrogen and oxygen atoms in total. The van der Waals surface area contributed by atoms with E-state index in [1.54, 1.807) is 16.6 Å². The molecule has 2 aromatic heterocycles. The number of nitrogens with one attached hydrogen (secondary N) is 1. The largest absolute Gasteiger partial charge is 0.335 e. The second-order valence-corrected chi connectivity index (χ2v) is 7.60. The number of H-pyrrole nitrogens is 1. The molecule has 0 bridgehead atoms. The number of likely N-dealkylation sites (tertiary alicyclic amines) is 1. The summed E-state index contributed by atoms with van der Waals surface area (Å²) in [4.78, 5) is 26.3. The Labute approximate surface area is 166 Å². The third-order valence-corrected chi connectivity index (χ3v) is 5.91. The average Bonchev–Trinajstić information content (AvgIpc) is 3.25. The molecule has 7 heteroatoms. The van der Waals surface area contributed by atoms with Crippen molar-refractivity contribution < 1.29 is 4.79 Å². The summed E-state index contributed by atoms with van der Waals surface area (Å²) in [6.45, 7) is 6.77. The summed E-state index contributed by atoms with van der Waals surface area (Å²) >= 11 is 0. The lowest BCUT2D eigenvalue weighted by Crippen LogP contribution is -2.51. The maximum Gasteiger partial charge on any atom is 0.274 e. The van der Waals surface area contributed by atoms with E-state index in [1.807, 2.05) is 29.1 Å². The Morgan fingerprint density at radius 1 is 1.24 bits per heavy atom. The molecule has 4 aromatic rings. The number of fused-ring (bicyclic) bond motifs is 2. The van der Waals surface area contributed by atoms with E-state index >= 15 is 0 Å².